The number of carbonyl (C=O) groups excluding carboxylic acids is 2. The number of rotatable bonds is 3. The summed E-state index contributed by atoms with van der Waals surface area (Å²) in [5, 5.41) is 0.164. The molecule has 28 heavy (non-hydrogen) atoms. The number of Topliss-reactive ketones (excluding diaryl/α,β-unsaturated/α-hetero) is 1. The van der Waals surface area contributed by atoms with Crippen molar-refractivity contribution in [3.63, 3.8) is 0 Å². The van der Waals surface area contributed by atoms with Gasteiger partial charge in [0.1, 0.15) is 17.3 Å². The van der Waals surface area contributed by atoms with Gasteiger partial charge in [-0.1, -0.05) is 35.9 Å². The highest BCUT2D eigenvalue weighted by Crippen LogP contribution is 2.36. The molecule has 6 heteroatoms. The van der Waals surface area contributed by atoms with Crippen molar-refractivity contribution in [2.24, 2.45) is 0 Å². The summed E-state index contributed by atoms with van der Waals surface area (Å²) < 4.78 is 24.9. The summed E-state index contributed by atoms with van der Waals surface area (Å²) in [6, 6.07) is 17.2. The van der Waals surface area contributed by atoms with Gasteiger partial charge in [0.05, 0.1) is 16.1 Å². The van der Waals surface area contributed by atoms with Crippen LogP contribution >= 0.6 is 11.6 Å². The summed E-state index contributed by atoms with van der Waals surface area (Å²) in [4.78, 5) is 24.7. The monoisotopic (exact) mass is 394 g/mol. The molecule has 0 N–H and O–H groups in total. The van der Waals surface area contributed by atoms with Gasteiger partial charge in [0.2, 0.25) is 5.78 Å². The smallest absolute Gasteiger partial charge is 0.343 e. The van der Waals surface area contributed by atoms with E-state index in [0.717, 1.165) is 0 Å². The molecular weight excluding hydrogens is 383 g/mol. The average Bonchev–Trinajstić information content (AvgIpc) is 3.00. The van der Waals surface area contributed by atoms with Gasteiger partial charge in [-0.05, 0) is 42.5 Å². The Morgan fingerprint density at radius 1 is 1.04 bits per heavy atom. The van der Waals surface area contributed by atoms with E-state index in [1.54, 1.807) is 30.3 Å². The van der Waals surface area contributed by atoms with Crippen molar-refractivity contribution in [3.8, 4) is 11.5 Å². The molecule has 0 bridgehead atoms. The lowest BCUT2D eigenvalue weighted by Gasteiger charge is -2.05. The number of ether oxygens (including phenoxy) is 2. The molecule has 1 aliphatic heterocycles. The lowest BCUT2D eigenvalue weighted by atomic mass is 10.1. The number of ketones is 1. The Balaban J connectivity index is 1.60. The molecule has 0 fully saturated rings. The predicted octanol–water partition coefficient (Wildman–Crippen LogP) is 5.31. The molecule has 1 heterocycles. The zero-order chi connectivity index (χ0) is 19.7. The van der Waals surface area contributed by atoms with Crippen molar-refractivity contribution >= 4 is 29.4 Å². The highest BCUT2D eigenvalue weighted by molar-refractivity contribution is 6.32. The van der Waals surface area contributed by atoms with Crippen molar-refractivity contribution in [2.45, 2.75) is 0 Å². The number of hydrogen-bond acceptors (Lipinski definition) is 4. The number of halogens is 2. The summed E-state index contributed by atoms with van der Waals surface area (Å²) in [5.74, 6) is -1.11. The molecule has 0 aromatic heterocycles. The fraction of sp³-hybridized carbons (Fsp3) is 0. The maximum absolute atomic E-state index is 14.0. The maximum atomic E-state index is 14.0. The fourth-order valence-corrected chi connectivity index (χ4v) is 2.97. The first kappa shape index (κ1) is 17.9. The van der Waals surface area contributed by atoms with Crippen LogP contribution in [0.3, 0.4) is 0 Å². The quantitative estimate of drug-likeness (QED) is 0.343. The molecular formula is C22H12ClFO4. The van der Waals surface area contributed by atoms with E-state index >= 15 is 0 Å². The van der Waals surface area contributed by atoms with Crippen LogP contribution in [0.2, 0.25) is 5.02 Å². The van der Waals surface area contributed by atoms with Crippen LogP contribution in [0, 0.1) is 5.82 Å². The van der Waals surface area contributed by atoms with E-state index in [1.807, 2.05) is 0 Å². The molecule has 0 saturated carbocycles. The van der Waals surface area contributed by atoms with Gasteiger partial charge >= 0.3 is 5.97 Å². The van der Waals surface area contributed by atoms with Crippen LogP contribution in [-0.4, -0.2) is 11.8 Å². The molecule has 0 radical (unpaired) electrons. The third-order valence-electron chi connectivity index (χ3n) is 4.14. The summed E-state index contributed by atoms with van der Waals surface area (Å²) in [6.07, 6.45) is 1.26. The van der Waals surface area contributed by atoms with Crippen LogP contribution in [0.1, 0.15) is 26.3 Å². The first-order valence-corrected chi connectivity index (χ1v) is 8.70. The Bertz CT molecular complexity index is 1100. The van der Waals surface area contributed by atoms with Crippen LogP contribution in [0.5, 0.6) is 11.5 Å². The van der Waals surface area contributed by atoms with E-state index in [4.69, 9.17) is 21.1 Å². The van der Waals surface area contributed by atoms with Gasteiger partial charge in [-0.25, -0.2) is 9.18 Å². The topological polar surface area (TPSA) is 52.6 Å². The molecule has 0 amide bonds. The summed E-state index contributed by atoms with van der Waals surface area (Å²) in [5.41, 5.74) is 0.754. The Hall–Kier alpha value is -3.44. The van der Waals surface area contributed by atoms with E-state index in [0.29, 0.717) is 11.1 Å². The lowest BCUT2D eigenvalue weighted by Crippen LogP contribution is -2.08. The normalized spacial score (nSPS) is 13.9. The van der Waals surface area contributed by atoms with Gasteiger partial charge < -0.3 is 9.47 Å². The van der Waals surface area contributed by atoms with Crippen molar-refractivity contribution in [1.82, 2.24) is 0 Å². The van der Waals surface area contributed by atoms with Gasteiger partial charge in [-0.15, -0.1) is 0 Å². The summed E-state index contributed by atoms with van der Waals surface area (Å²) in [7, 11) is 0. The number of allylic oxidation sites excluding steroid dienone is 1. The molecule has 4 rings (SSSR count). The molecule has 3 aromatic rings. The second-order valence-electron chi connectivity index (χ2n) is 5.99. The largest absolute Gasteiger partial charge is 0.452 e. The van der Waals surface area contributed by atoms with Gasteiger partial charge in [0.15, 0.2) is 5.76 Å². The van der Waals surface area contributed by atoms with Crippen molar-refractivity contribution in [1.29, 1.82) is 0 Å². The molecule has 0 unspecified atom stereocenters. The lowest BCUT2D eigenvalue weighted by molar-refractivity contribution is 0.0734. The zero-order valence-corrected chi connectivity index (χ0v) is 15.1. The fourth-order valence-electron chi connectivity index (χ4n) is 2.75. The van der Waals surface area contributed by atoms with E-state index in [1.165, 1.54) is 42.5 Å². The SMILES string of the molecule is O=C(Oc1ccc2c(c1)OC(=Cc1c(F)cccc1Cl)C2=O)c1ccccc1. The minimum Gasteiger partial charge on any atom is -0.452 e. The molecule has 0 saturated heterocycles. The third kappa shape index (κ3) is 3.40. The van der Waals surface area contributed by atoms with Crippen LogP contribution < -0.4 is 9.47 Å². The maximum Gasteiger partial charge on any atom is 0.343 e. The molecule has 0 spiro atoms. The number of carbonyl (C=O) groups is 2. The number of esters is 1. The first-order chi connectivity index (χ1) is 13.5. The standard InChI is InChI=1S/C22H12ClFO4/c23-17-7-4-8-18(24)16(17)12-20-21(25)15-10-9-14(11-19(15)28-20)27-22(26)13-5-2-1-3-6-13/h1-12H. The first-order valence-electron chi connectivity index (χ1n) is 8.32. The molecule has 3 aromatic carbocycles. The van der Waals surface area contributed by atoms with Gasteiger partial charge in [-0.2, -0.15) is 0 Å². The highest BCUT2D eigenvalue weighted by atomic mass is 35.5. The number of fused-ring (bicyclic) bond motifs is 1. The Morgan fingerprint density at radius 2 is 1.82 bits per heavy atom. The minimum absolute atomic E-state index is 0.0615. The zero-order valence-electron chi connectivity index (χ0n) is 14.3. The van der Waals surface area contributed by atoms with Crippen LogP contribution in [0.15, 0.2) is 72.5 Å². The molecule has 4 nitrogen and oxygen atoms in total. The minimum atomic E-state index is -0.565. The summed E-state index contributed by atoms with van der Waals surface area (Å²) >= 11 is 6.00. The Kier molecular flexibility index (Phi) is 4.67. The van der Waals surface area contributed by atoms with E-state index in [-0.39, 0.29) is 27.8 Å². The molecule has 1 aliphatic rings. The summed E-state index contributed by atoms with van der Waals surface area (Å²) in [6.45, 7) is 0. The Morgan fingerprint density at radius 3 is 2.57 bits per heavy atom. The van der Waals surface area contributed by atoms with Gasteiger partial charge in [-0.3, -0.25) is 4.79 Å². The number of hydrogen-bond donors (Lipinski definition) is 0. The van der Waals surface area contributed by atoms with Crippen molar-refractivity contribution < 1.29 is 23.5 Å². The van der Waals surface area contributed by atoms with Crippen LogP contribution in [0.25, 0.3) is 6.08 Å². The second-order valence-corrected chi connectivity index (χ2v) is 6.40. The number of benzene rings is 3. The predicted molar refractivity (Wildman–Crippen MR) is 102 cm³/mol. The van der Waals surface area contributed by atoms with E-state index < -0.39 is 17.6 Å². The second kappa shape index (κ2) is 7.29. The van der Waals surface area contributed by atoms with Crippen LogP contribution in [0.4, 0.5) is 4.39 Å². The molecule has 0 atom stereocenters. The van der Waals surface area contributed by atoms with Gasteiger partial charge in [0.25, 0.3) is 0 Å². The van der Waals surface area contributed by atoms with E-state index in [9.17, 15) is 14.0 Å². The highest BCUT2D eigenvalue weighted by Gasteiger charge is 2.28. The molecule has 138 valence electrons. The Labute approximate surface area is 164 Å². The molecule has 0 aliphatic carbocycles. The average molecular weight is 395 g/mol. The van der Waals surface area contributed by atoms with Crippen LogP contribution in [-0.2, 0) is 0 Å². The third-order valence-corrected chi connectivity index (χ3v) is 4.47. The van der Waals surface area contributed by atoms with Crippen molar-refractivity contribution in [2.75, 3.05) is 0 Å². The van der Waals surface area contributed by atoms with Gasteiger partial charge in [0, 0.05) is 11.6 Å². The van der Waals surface area contributed by atoms with Crippen molar-refractivity contribution in [3.05, 3.63) is 100 Å². The van der Waals surface area contributed by atoms with E-state index in [2.05, 4.69) is 0 Å².